The highest BCUT2D eigenvalue weighted by Crippen LogP contribution is 2.36. The third kappa shape index (κ3) is 3.88. The maximum atomic E-state index is 12.7. The van der Waals surface area contributed by atoms with Gasteiger partial charge in [0.05, 0.1) is 23.4 Å². The predicted molar refractivity (Wildman–Crippen MR) is 89.8 cm³/mol. The number of piperidine rings is 1. The zero-order valence-electron chi connectivity index (χ0n) is 14.0. The molecule has 1 saturated heterocycles. The third-order valence-corrected chi connectivity index (χ3v) is 4.34. The molecule has 4 N–H and O–H groups in total. The predicted octanol–water partition coefficient (Wildman–Crippen LogP) is 2.31. The minimum Gasteiger partial charge on any atom is -0.507 e. The molecule has 0 unspecified atom stereocenters. The molecule has 1 aliphatic heterocycles. The number of hydrogen-bond acceptors (Lipinski definition) is 6. The number of rotatable bonds is 3. The quantitative estimate of drug-likeness (QED) is 0.665. The lowest BCUT2D eigenvalue weighted by molar-refractivity contribution is -0.137. The number of hydrogen-bond donors (Lipinski definition) is 4. The van der Waals surface area contributed by atoms with E-state index in [1.54, 1.807) is 13.0 Å². The van der Waals surface area contributed by atoms with E-state index in [0.29, 0.717) is 36.1 Å². The summed E-state index contributed by atoms with van der Waals surface area (Å²) in [7, 11) is 0. The number of aliphatic hydroxyl groups excluding tert-OH is 1. The minimum atomic E-state index is -4.53. The van der Waals surface area contributed by atoms with Gasteiger partial charge in [0, 0.05) is 12.1 Å². The van der Waals surface area contributed by atoms with Gasteiger partial charge in [-0.15, -0.1) is 10.2 Å². The van der Waals surface area contributed by atoms with Crippen LogP contribution in [0, 0.1) is 6.92 Å². The summed E-state index contributed by atoms with van der Waals surface area (Å²) in [6, 6.07) is 4.22. The van der Waals surface area contributed by atoms with Crippen LogP contribution in [0.3, 0.4) is 0 Å². The Hall–Kier alpha value is -2.39. The number of anilines is 1. The number of benzene rings is 1. The van der Waals surface area contributed by atoms with Crippen LogP contribution in [0.1, 0.15) is 17.5 Å². The van der Waals surface area contributed by atoms with Crippen molar-refractivity contribution >= 4 is 5.82 Å². The van der Waals surface area contributed by atoms with Crippen molar-refractivity contribution in [3.05, 3.63) is 35.4 Å². The smallest absolute Gasteiger partial charge is 0.416 e. The first-order valence-corrected chi connectivity index (χ1v) is 8.16. The van der Waals surface area contributed by atoms with Crippen LogP contribution in [-0.2, 0) is 6.18 Å². The number of aliphatic hydroxyl groups is 1. The van der Waals surface area contributed by atoms with Gasteiger partial charge in [-0.05, 0) is 49.7 Å². The molecule has 0 amide bonds. The lowest BCUT2D eigenvalue weighted by atomic mass is 10.0. The standard InChI is InChI=1S/C17H19F3N4O2/c1-9-6-15(22-12-8-21-5-4-13(12)25)23-24-16(9)11-3-2-10(7-14(11)26)17(18,19)20/h2-3,6-7,12-13,21,25-26H,4-5,8H2,1H3,(H,22,23)/t12-,13+/m0/s1. The van der Waals surface area contributed by atoms with E-state index in [2.05, 4.69) is 20.8 Å². The van der Waals surface area contributed by atoms with Gasteiger partial charge in [-0.2, -0.15) is 13.2 Å². The van der Waals surface area contributed by atoms with Gasteiger partial charge < -0.3 is 20.8 Å². The van der Waals surface area contributed by atoms with E-state index in [4.69, 9.17) is 0 Å². The maximum Gasteiger partial charge on any atom is 0.416 e. The van der Waals surface area contributed by atoms with Crippen molar-refractivity contribution in [2.45, 2.75) is 31.7 Å². The highest BCUT2D eigenvalue weighted by atomic mass is 19.4. The highest BCUT2D eigenvalue weighted by molar-refractivity contribution is 5.70. The summed E-state index contributed by atoms with van der Waals surface area (Å²) in [4.78, 5) is 0. The van der Waals surface area contributed by atoms with Crippen molar-refractivity contribution in [2.24, 2.45) is 0 Å². The van der Waals surface area contributed by atoms with Crippen LogP contribution in [0.15, 0.2) is 24.3 Å². The molecule has 1 aliphatic rings. The summed E-state index contributed by atoms with van der Waals surface area (Å²) in [5, 5.41) is 34.3. The molecule has 0 spiro atoms. The van der Waals surface area contributed by atoms with Gasteiger partial charge in [0.25, 0.3) is 0 Å². The summed E-state index contributed by atoms with van der Waals surface area (Å²) < 4.78 is 38.1. The molecule has 1 fully saturated rings. The second kappa shape index (κ2) is 7.08. The van der Waals surface area contributed by atoms with E-state index in [9.17, 15) is 23.4 Å². The first kappa shape index (κ1) is 18.4. The normalized spacial score (nSPS) is 20.8. The number of halogens is 3. The Labute approximate surface area is 148 Å². The van der Waals surface area contributed by atoms with Crippen molar-refractivity contribution in [1.29, 1.82) is 0 Å². The second-order valence-electron chi connectivity index (χ2n) is 6.30. The molecule has 0 aliphatic carbocycles. The van der Waals surface area contributed by atoms with Gasteiger partial charge in [0.2, 0.25) is 0 Å². The van der Waals surface area contributed by atoms with E-state index in [-0.39, 0.29) is 11.6 Å². The fourth-order valence-electron chi connectivity index (χ4n) is 2.91. The third-order valence-electron chi connectivity index (χ3n) is 4.34. The van der Waals surface area contributed by atoms with E-state index in [1.807, 2.05) is 0 Å². The lowest BCUT2D eigenvalue weighted by Crippen LogP contribution is -2.48. The van der Waals surface area contributed by atoms with Crippen molar-refractivity contribution in [3.8, 4) is 17.0 Å². The van der Waals surface area contributed by atoms with Crippen molar-refractivity contribution < 1.29 is 23.4 Å². The average molecular weight is 368 g/mol. The van der Waals surface area contributed by atoms with Crippen molar-refractivity contribution in [1.82, 2.24) is 15.5 Å². The van der Waals surface area contributed by atoms with Crippen LogP contribution >= 0.6 is 0 Å². The van der Waals surface area contributed by atoms with Gasteiger partial charge >= 0.3 is 6.18 Å². The first-order valence-electron chi connectivity index (χ1n) is 8.16. The van der Waals surface area contributed by atoms with E-state index < -0.39 is 23.6 Å². The summed E-state index contributed by atoms with van der Waals surface area (Å²) in [6.45, 7) is 3.06. The number of aromatic hydroxyl groups is 1. The number of phenols is 1. The van der Waals surface area contributed by atoms with Crippen LogP contribution in [0.5, 0.6) is 5.75 Å². The molecule has 26 heavy (non-hydrogen) atoms. The maximum absolute atomic E-state index is 12.7. The van der Waals surface area contributed by atoms with Gasteiger partial charge in [-0.1, -0.05) is 0 Å². The Morgan fingerprint density at radius 3 is 2.62 bits per heavy atom. The molecule has 6 nitrogen and oxygen atoms in total. The first-order chi connectivity index (χ1) is 12.3. The van der Waals surface area contributed by atoms with Gasteiger partial charge in [0.15, 0.2) is 0 Å². The number of alkyl halides is 3. The molecule has 0 saturated carbocycles. The molecule has 2 heterocycles. The fourth-order valence-corrected chi connectivity index (χ4v) is 2.91. The number of aromatic nitrogens is 2. The monoisotopic (exact) mass is 368 g/mol. The molecule has 2 atom stereocenters. The number of phenolic OH excluding ortho intramolecular Hbond substituents is 1. The molecule has 3 rings (SSSR count). The molecule has 2 aromatic rings. The van der Waals surface area contributed by atoms with E-state index >= 15 is 0 Å². The van der Waals surface area contributed by atoms with Crippen LogP contribution in [0.25, 0.3) is 11.3 Å². The Balaban J connectivity index is 1.84. The van der Waals surface area contributed by atoms with E-state index in [0.717, 1.165) is 12.6 Å². The molecule has 0 radical (unpaired) electrons. The zero-order valence-corrected chi connectivity index (χ0v) is 14.0. The van der Waals surface area contributed by atoms with Crippen LogP contribution in [0.4, 0.5) is 19.0 Å². The van der Waals surface area contributed by atoms with Crippen LogP contribution in [-0.4, -0.2) is 45.6 Å². The van der Waals surface area contributed by atoms with E-state index in [1.165, 1.54) is 6.07 Å². The molecule has 0 bridgehead atoms. The number of aryl methyl sites for hydroxylation is 1. The summed E-state index contributed by atoms with van der Waals surface area (Å²) in [5.74, 6) is -0.0600. The topological polar surface area (TPSA) is 90.3 Å². The Kier molecular flexibility index (Phi) is 5.01. The molecule has 9 heteroatoms. The average Bonchev–Trinajstić information content (AvgIpc) is 2.57. The van der Waals surface area contributed by atoms with Crippen LogP contribution in [0.2, 0.25) is 0 Å². The summed E-state index contributed by atoms with van der Waals surface area (Å²) in [6.07, 6.45) is -4.40. The fraction of sp³-hybridized carbons (Fsp3) is 0.412. The van der Waals surface area contributed by atoms with Gasteiger partial charge in [-0.25, -0.2) is 0 Å². The van der Waals surface area contributed by atoms with Gasteiger partial charge in [-0.3, -0.25) is 0 Å². The Bertz CT molecular complexity index is 798. The zero-order chi connectivity index (χ0) is 18.9. The second-order valence-corrected chi connectivity index (χ2v) is 6.30. The number of nitrogens with one attached hydrogen (secondary N) is 2. The molecule has 1 aromatic heterocycles. The van der Waals surface area contributed by atoms with Crippen molar-refractivity contribution in [2.75, 3.05) is 18.4 Å². The summed E-state index contributed by atoms with van der Waals surface area (Å²) in [5.41, 5.74) is 0.176. The molecule has 140 valence electrons. The SMILES string of the molecule is Cc1cc(N[C@H]2CNCC[C@H]2O)nnc1-c1ccc(C(F)(F)F)cc1O. The van der Waals surface area contributed by atoms with Crippen LogP contribution < -0.4 is 10.6 Å². The molecular weight excluding hydrogens is 349 g/mol. The van der Waals surface area contributed by atoms with Gasteiger partial charge in [0.1, 0.15) is 11.6 Å². The lowest BCUT2D eigenvalue weighted by Gasteiger charge is -2.29. The minimum absolute atomic E-state index is 0.175. The molecule has 1 aromatic carbocycles. The number of nitrogens with zero attached hydrogens (tertiary/aromatic N) is 2. The molecular formula is C17H19F3N4O2. The van der Waals surface area contributed by atoms with Crippen molar-refractivity contribution in [3.63, 3.8) is 0 Å². The highest BCUT2D eigenvalue weighted by Gasteiger charge is 2.31. The summed E-state index contributed by atoms with van der Waals surface area (Å²) >= 11 is 0. The largest absolute Gasteiger partial charge is 0.507 e. The Morgan fingerprint density at radius 1 is 1.23 bits per heavy atom. The Morgan fingerprint density at radius 2 is 2.00 bits per heavy atom.